The van der Waals surface area contributed by atoms with Gasteiger partial charge in [-0.05, 0) is 62.2 Å². The lowest BCUT2D eigenvalue weighted by Gasteiger charge is -2.27. The van der Waals surface area contributed by atoms with E-state index in [1.54, 1.807) is 6.92 Å². The molecule has 1 aliphatic heterocycles. The summed E-state index contributed by atoms with van der Waals surface area (Å²) in [6.45, 7) is 8.86. The zero-order valence-corrected chi connectivity index (χ0v) is 18.1. The predicted octanol–water partition coefficient (Wildman–Crippen LogP) is 4.75. The molecule has 2 aromatic rings. The minimum Gasteiger partial charge on any atom is -0.450 e. The summed E-state index contributed by atoms with van der Waals surface area (Å²) in [5.74, 6) is 0.0609. The highest BCUT2D eigenvalue weighted by molar-refractivity contribution is 6.03. The van der Waals surface area contributed by atoms with Crippen LogP contribution in [0.1, 0.15) is 38.3 Å². The monoisotopic (exact) mass is 409 g/mol. The number of anilines is 3. The predicted molar refractivity (Wildman–Crippen MR) is 120 cm³/mol. The minimum absolute atomic E-state index is 0.0609. The number of carbonyl (C=O) groups is 2. The van der Waals surface area contributed by atoms with Crippen molar-refractivity contribution in [3.05, 3.63) is 53.6 Å². The molecule has 0 saturated carbocycles. The van der Waals surface area contributed by atoms with Crippen LogP contribution in [0.2, 0.25) is 0 Å². The number of rotatable bonds is 7. The molecule has 6 nitrogen and oxygen atoms in total. The summed E-state index contributed by atoms with van der Waals surface area (Å²) in [6.07, 6.45) is 1.65. The van der Waals surface area contributed by atoms with E-state index < -0.39 is 6.09 Å². The maximum atomic E-state index is 13.4. The standard InChI is InChI=1S/C24H31N3O3/c1-4-26(5-2)16-15-23(28)27-21-10-8-7-9-18(21)11-12-19-13-14-20(17-22(19)27)25-24(29)30-6-3/h7-10,13-14,17H,4-6,11-12,15-16H2,1-3H3,(H,25,29). The summed E-state index contributed by atoms with van der Waals surface area (Å²) in [6, 6.07) is 13.8. The van der Waals surface area contributed by atoms with Gasteiger partial charge in [-0.15, -0.1) is 0 Å². The number of fused-ring (bicyclic) bond motifs is 2. The van der Waals surface area contributed by atoms with Gasteiger partial charge in [0.05, 0.1) is 18.0 Å². The van der Waals surface area contributed by atoms with E-state index >= 15 is 0 Å². The highest BCUT2D eigenvalue weighted by Crippen LogP contribution is 2.38. The van der Waals surface area contributed by atoms with Gasteiger partial charge in [-0.1, -0.05) is 38.1 Å². The average molecular weight is 410 g/mol. The molecule has 2 amide bonds. The first-order valence-corrected chi connectivity index (χ1v) is 10.8. The Labute approximate surface area is 178 Å². The molecule has 0 unspecified atom stereocenters. The van der Waals surface area contributed by atoms with Gasteiger partial charge in [-0.3, -0.25) is 15.0 Å². The van der Waals surface area contributed by atoms with Crippen LogP contribution in [0.4, 0.5) is 21.9 Å². The summed E-state index contributed by atoms with van der Waals surface area (Å²) in [7, 11) is 0. The number of hydrogen-bond donors (Lipinski definition) is 1. The van der Waals surface area contributed by atoms with Gasteiger partial charge in [-0.25, -0.2) is 4.79 Å². The Balaban J connectivity index is 1.97. The fourth-order valence-electron chi connectivity index (χ4n) is 3.86. The van der Waals surface area contributed by atoms with E-state index in [0.717, 1.165) is 55.0 Å². The number of carbonyl (C=O) groups excluding carboxylic acids is 2. The van der Waals surface area contributed by atoms with Crippen molar-refractivity contribution in [2.45, 2.75) is 40.0 Å². The largest absolute Gasteiger partial charge is 0.450 e. The molecule has 0 atom stereocenters. The minimum atomic E-state index is -0.495. The Bertz CT molecular complexity index is 893. The van der Waals surface area contributed by atoms with Crippen molar-refractivity contribution < 1.29 is 14.3 Å². The molecule has 0 bridgehead atoms. The fraction of sp³-hybridized carbons (Fsp3) is 0.417. The number of amides is 2. The topological polar surface area (TPSA) is 61.9 Å². The molecule has 3 rings (SSSR count). The first-order chi connectivity index (χ1) is 14.6. The van der Waals surface area contributed by atoms with Crippen molar-refractivity contribution in [3.8, 4) is 0 Å². The number of nitrogens with one attached hydrogen (secondary N) is 1. The Kier molecular flexibility index (Phi) is 7.46. The van der Waals surface area contributed by atoms with Crippen LogP contribution in [0.15, 0.2) is 42.5 Å². The summed E-state index contributed by atoms with van der Waals surface area (Å²) in [5, 5.41) is 2.76. The number of nitrogens with zero attached hydrogens (tertiary/aromatic N) is 2. The van der Waals surface area contributed by atoms with Crippen molar-refractivity contribution in [2.24, 2.45) is 0 Å². The van der Waals surface area contributed by atoms with E-state index in [1.807, 2.05) is 41.3 Å². The second kappa shape index (κ2) is 10.3. The molecule has 160 valence electrons. The van der Waals surface area contributed by atoms with E-state index in [9.17, 15) is 9.59 Å². The van der Waals surface area contributed by atoms with E-state index in [0.29, 0.717) is 18.7 Å². The van der Waals surface area contributed by atoms with Crippen LogP contribution in [0, 0.1) is 0 Å². The molecule has 30 heavy (non-hydrogen) atoms. The molecule has 1 N–H and O–H groups in total. The molecular weight excluding hydrogens is 378 g/mol. The maximum Gasteiger partial charge on any atom is 0.411 e. The molecular formula is C24H31N3O3. The summed E-state index contributed by atoms with van der Waals surface area (Å²) >= 11 is 0. The molecule has 1 aliphatic rings. The summed E-state index contributed by atoms with van der Waals surface area (Å²) in [5.41, 5.74) is 4.63. The third-order valence-corrected chi connectivity index (χ3v) is 5.53. The fourth-order valence-corrected chi connectivity index (χ4v) is 3.86. The first-order valence-electron chi connectivity index (χ1n) is 10.8. The molecule has 1 heterocycles. The van der Waals surface area contributed by atoms with Gasteiger partial charge in [0.15, 0.2) is 0 Å². The third-order valence-electron chi connectivity index (χ3n) is 5.53. The quantitative estimate of drug-likeness (QED) is 0.717. The van der Waals surface area contributed by atoms with Gasteiger partial charge in [0.1, 0.15) is 0 Å². The van der Waals surface area contributed by atoms with Crippen molar-refractivity contribution in [3.63, 3.8) is 0 Å². The van der Waals surface area contributed by atoms with Crippen LogP contribution in [0.5, 0.6) is 0 Å². The smallest absolute Gasteiger partial charge is 0.411 e. The van der Waals surface area contributed by atoms with Gasteiger partial charge in [0.2, 0.25) is 5.91 Å². The average Bonchev–Trinajstić information content (AvgIpc) is 2.91. The van der Waals surface area contributed by atoms with E-state index in [-0.39, 0.29) is 5.91 Å². The Morgan fingerprint density at radius 3 is 2.40 bits per heavy atom. The molecule has 0 aromatic heterocycles. The van der Waals surface area contributed by atoms with Gasteiger partial charge in [-0.2, -0.15) is 0 Å². The van der Waals surface area contributed by atoms with Gasteiger partial charge in [0.25, 0.3) is 0 Å². The molecule has 6 heteroatoms. The second-order valence-electron chi connectivity index (χ2n) is 7.32. The first kappa shape index (κ1) is 21.8. The molecule has 2 aromatic carbocycles. The molecule has 0 saturated heterocycles. The number of aryl methyl sites for hydroxylation is 2. The number of ether oxygens (including phenoxy) is 1. The zero-order valence-electron chi connectivity index (χ0n) is 18.1. The van der Waals surface area contributed by atoms with Gasteiger partial charge < -0.3 is 9.64 Å². The lowest BCUT2D eigenvalue weighted by Crippen LogP contribution is -2.32. The number of para-hydroxylation sites is 1. The third kappa shape index (κ3) is 5.00. The van der Waals surface area contributed by atoms with E-state index in [2.05, 4.69) is 30.1 Å². The van der Waals surface area contributed by atoms with Crippen LogP contribution in [-0.2, 0) is 22.4 Å². The highest BCUT2D eigenvalue weighted by atomic mass is 16.5. The SMILES string of the molecule is CCOC(=O)Nc1ccc2c(c1)N(C(=O)CCN(CC)CC)c1ccccc1CC2. The maximum absolute atomic E-state index is 13.4. The Morgan fingerprint density at radius 1 is 1.00 bits per heavy atom. The van der Waals surface area contributed by atoms with Crippen LogP contribution in [-0.4, -0.2) is 43.1 Å². The van der Waals surface area contributed by atoms with Crippen LogP contribution in [0.3, 0.4) is 0 Å². The molecule has 0 spiro atoms. The number of benzene rings is 2. The van der Waals surface area contributed by atoms with Crippen LogP contribution < -0.4 is 10.2 Å². The van der Waals surface area contributed by atoms with Crippen molar-refractivity contribution >= 4 is 29.1 Å². The highest BCUT2D eigenvalue weighted by Gasteiger charge is 2.26. The Morgan fingerprint density at radius 2 is 1.70 bits per heavy atom. The van der Waals surface area contributed by atoms with E-state index in [4.69, 9.17) is 4.74 Å². The van der Waals surface area contributed by atoms with E-state index in [1.165, 1.54) is 0 Å². The van der Waals surface area contributed by atoms with Crippen LogP contribution >= 0.6 is 0 Å². The molecule has 0 aliphatic carbocycles. The summed E-state index contributed by atoms with van der Waals surface area (Å²) in [4.78, 5) is 29.4. The molecule has 0 radical (unpaired) electrons. The number of hydrogen-bond acceptors (Lipinski definition) is 4. The van der Waals surface area contributed by atoms with Crippen molar-refractivity contribution in [1.82, 2.24) is 4.90 Å². The van der Waals surface area contributed by atoms with Gasteiger partial charge >= 0.3 is 6.09 Å². The zero-order chi connectivity index (χ0) is 21.5. The summed E-state index contributed by atoms with van der Waals surface area (Å²) < 4.78 is 5.00. The van der Waals surface area contributed by atoms with Crippen molar-refractivity contribution in [2.75, 3.05) is 36.5 Å². The lowest BCUT2D eigenvalue weighted by molar-refractivity contribution is -0.118. The van der Waals surface area contributed by atoms with Crippen LogP contribution in [0.25, 0.3) is 0 Å². The van der Waals surface area contributed by atoms with Gasteiger partial charge in [0, 0.05) is 18.7 Å². The Hall–Kier alpha value is -2.86. The lowest BCUT2D eigenvalue weighted by atomic mass is 10.0. The van der Waals surface area contributed by atoms with Crippen molar-refractivity contribution in [1.29, 1.82) is 0 Å². The molecule has 0 fully saturated rings. The normalized spacial score (nSPS) is 12.7. The second-order valence-corrected chi connectivity index (χ2v) is 7.32.